The van der Waals surface area contributed by atoms with Crippen molar-refractivity contribution in [2.75, 3.05) is 27.2 Å². The Morgan fingerprint density at radius 1 is 1.13 bits per heavy atom. The summed E-state index contributed by atoms with van der Waals surface area (Å²) < 4.78 is 44.4. The molecule has 0 heterocycles. The van der Waals surface area contributed by atoms with Gasteiger partial charge in [-0.05, 0) is 48.4 Å². The number of nitrogens with zero attached hydrogens (tertiary/aromatic N) is 2. The van der Waals surface area contributed by atoms with Gasteiger partial charge in [-0.2, -0.15) is 0 Å². The van der Waals surface area contributed by atoms with Gasteiger partial charge >= 0.3 is 0 Å². The molecule has 0 unspecified atom stereocenters. The molecule has 0 saturated carbocycles. The van der Waals surface area contributed by atoms with Gasteiger partial charge in [-0.15, -0.1) is 6.58 Å². The number of rotatable bonds is 11. The lowest BCUT2D eigenvalue weighted by Gasteiger charge is -2.22. The SMILES string of the molecule is C=CCN(Cc1ccc(OC)cc1)C(=O)CCCN(C)S(=O)(=O)c1ccc(F)cc1. The summed E-state index contributed by atoms with van der Waals surface area (Å²) in [5, 5.41) is 0. The molecule has 0 fully saturated rings. The van der Waals surface area contributed by atoms with Crippen LogP contribution < -0.4 is 4.74 Å². The van der Waals surface area contributed by atoms with Gasteiger partial charge in [0.15, 0.2) is 0 Å². The van der Waals surface area contributed by atoms with Crippen molar-refractivity contribution in [3.63, 3.8) is 0 Å². The number of halogens is 1. The molecule has 30 heavy (non-hydrogen) atoms. The second kappa shape index (κ2) is 10.9. The first-order valence-corrected chi connectivity index (χ1v) is 11.0. The zero-order valence-corrected chi connectivity index (χ0v) is 18.1. The van der Waals surface area contributed by atoms with Crippen molar-refractivity contribution < 1.29 is 22.3 Å². The third-order valence-corrected chi connectivity index (χ3v) is 6.49. The summed E-state index contributed by atoms with van der Waals surface area (Å²) in [6.07, 6.45) is 2.23. The molecule has 0 atom stereocenters. The van der Waals surface area contributed by atoms with Crippen LogP contribution in [0.3, 0.4) is 0 Å². The highest BCUT2D eigenvalue weighted by atomic mass is 32.2. The number of benzene rings is 2. The summed E-state index contributed by atoms with van der Waals surface area (Å²) in [6.45, 7) is 4.71. The molecular weight excluding hydrogens is 407 g/mol. The van der Waals surface area contributed by atoms with Crippen molar-refractivity contribution in [2.24, 2.45) is 0 Å². The number of ether oxygens (including phenoxy) is 1. The van der Waals surface area contributed by atoms with Crippen LogP contribution in [0.15, 0.2) is 66.1 Å². The van der Waals surface area contributed by atoms with Crippen molar-refractivity contribution in [1.82, 2.24) is 9.21 Å². The van der Waals surface area contributed by atoms with Gasteiger partial charge in [-0.25, -0.2) is 17.1 Å². The van der Waals surface area contributed by atoms with Crippen molar-refractivity contribution in [3.8, 4) is 5.75 Å². The molecule has 0 saturated heterocycles. The molecule has 162 valence electrons. The molecule has 2 aromatic rings. The highest BCUT2D eigenvalue weighted by molar-refractivity contribution is 7.89. The summed E-state index contributed by atoms with van der Waals surface area (Å²) in [4.78, 5) is 14.3. The molecule has 0 aliphatic rings. The fourth-order valence-electron chi connectivity index (χ4n) is 2.88. The van der Waals surface area contributed by atoms with E-state index in [9.17, 15) is 17.6 Å². The molecule has 0 aromatic heterocycles. The van der Waals surface area contributed by atoms with E-state index in [4.69, 9.17) is 4.74 Å². The Morgan fingerprint density at radius 3 is 2.33 bits per heavy atom. The second-order valence-corrected chi connectivity index (χ2v) is 8.84. The summed E-state index contributed by atoms with van der Waals surface area (Å²) in [5.41, 5.74) is 0.960. The van der Waals surface area contributed by atoms with E-state index in [2.05, 4.69) is 6.58 Å². The molecule has 0 spiro atoms. The third kappa shape index (κ3) is 6.40. The van der Waals surface area contributed by atoms with Crippen molar-refractivity contribution in [1.29, 1.82) is 0 Å². The number of carbonyl (C=O) groups is 1. The van der Waals surface area contributed by atoms with E-state index in [-0.39, 0.29) is 23.8 Å². The predicted molar refractivity (Wildman–Crippen MR) is 114 cm³/mol. The van der Waals surface area contributed by atoms with E-state index in [0.717, 1.165) is 23.4 Å². The normalized spacial score (nSPS) is 11.3. The van der Waals surface area contributed by atoms with Crippen LogP contribution in [0.2, 0.25) is 0 Å². The standard InChI is InChI=1S/C22H27FN2O4S/c1-4-15-25(17-18-7-11-20(29-3)12-8-18)22(26)6-5-16-24(2)30(27,28)21-13-9-19(23)10-14-21/h4,7-14H,1,5-6,15-17H2,2-3H3. The van der Waals surface area contributed by atoms with Crippen LogP contribution in [-0.4, -0.2) is 50.8 Å². The smallest absolute Gasteiger partial charge is 0.242 e. The number of sulfonamides is 1. The van der Waals surface area contributed by atoms with Gasteiger partial charge in [-0.1, -0.05) is 18.2 Å². The van der Waals surface area contributed by atoms with Crippen LogP contribution in [-0.2, 0) is 21.4 Å². The Hall–Kier alpha value is -2.71. The molecule has 2 aromatic carbocycles. The zero-order chi connectivity index (χ0) is 22.1. The third-order valence-electron chi connectivity index (χ3n) is 4.62. The quantitative estimate of drug-likeness (QED) is 0.508. The fraction of sp³-hybridized carbons (Fsp3) is 0.318. The summed E-state index contributed by atoms with van der Waals surface area (Å²) in [6, 6.07) is 12.1. The highest BCUT2D eigenvalue weighted by Gasteiger charge is 2.21. The first-order valence-electron chi connectivity index (χ1n) is 9.51. The summed E-state index contributed by atoms with van der Waals surface area (Å²) in [5.74, 6) is 0.158. The Labute approximate surface area is 177 Å². The van der Waals surface area contributed by atoms with Crippen LogP contribution in [0.25, 0.3) is 0 Å². The summed E-state index contributed by atoms with van der Waals surface area (Å²) >= 11 is 0. The van der Waals surface area contributed by atoms with E-state index in [1.165, 1.54) is 23.5 Å². The summed E-state index contributed by atoms with van der Waals surface area (Å²) in [7, 11) is -0.686. The van der Waals surface area contributed by atoms with E-state index >= 15 is 0 Å². The topological polar surface area (TPSA) is 66.9 Å². The van der Waals surface area contributed by atoms with Crippen LogP contribution in [0, 0.1) is 5.82 Å². The van der Waals surface area contributed by atoms with Crippen LogP contribution in [0.5, 0.6) is 5.75 Å². The number of hydrogen-bond donors (Lipinski definition) is 0. The average Bonchev–Trinajstić information content (AvgIpc) is 2.74. The fourth-order valence-corrected chi connectivity index (χ4v) is 4.09. The molecule has 8 heteroatoms. The maximum Gasteiger partial charge on any atom is 0.242 e. The van der Waals surface area contributed by atoms with Crippen molar-refractivity contribution >= 4 is 15.9 Å². The Morgan fingerprint density at radius 2 is 1.77 bits per heavy atom. The molecule has 2 rings (SSSR count). The van der Waals surface area contributed by atoms with Gasteiger partial charge in [0.1, 0.15) is 11.6 Å². The van der Waals surface area contributed by atoms with Crippen molar-refractivity contribution in [3.05, 3.63) is 72.6 Å². The largest absolute Gasteiger partial charge is 0.497 e. The lowest BCUT2D eigenvalue weighted by atomic mass is 10.2. The van der Waals surface area contributed by atoms with Gasteiger partial charge in [0.25, 0.3) is 0 Å². The first kappa shape index (κ1) is 23.6. The molecule has 0 radical (unpaired) electrons. The van der Waals surface area contributed by atoms with Crippen LogP contribution in [0.1, 0.15) is 18.4 Å². The maximum absolute atomic E-state index is 13.0. The first-order chi connectivity index (χ1) is 14.3. The van der Waals surface area contributed by atoms with E-state index in [1.54, 1.807) is 18.1 Å². The van der Waals surface area contributed by atoms with Gasteiger partial charge < -0.3 is 9.64 Å². The number of carbonyl (C=O) groups excluding carboxylic acids is 1. The predicted octanol–water partition coefficient (Wildman–Crippen LogP) is 3.45. The molecule has 1 amide bonds. The number of methoxy groups -OCH3 is 1. The Kier molecular flexibility index (Phi) is 8.56. The van der Waals surface area contributed by atoms with E-state index in [0.29, 0.717) is 19.5 Å². The van der Waals surface area contributed by atoms with Gasteiger partial charge in [0.2, 0.25) is 15.9 Å². The van der Waals surface area contributed by atoms with E-state index < -0.39 is 15.8 Å². The van der Waals surface area contributed by atoms with Crippen molar-refractivity contribution in [2.45, 2.75) is 24.3 Å². The van der Waals surface area contributed by atoms with Gasteiger partial charge in [0.05, 0.1) is 12.0 Å². The molecule has 6 nitrogen and oxygen atoms in total. The number of amides is 1. The monoisotopic (exact) mass is 434 g/mol. The molecule has 0 N–H and O–H groups in total. The zero-order valence-electron chi connectivity index (χ0n) is 17.3. The molecule has 0 aliphatic heterocycles. The van der Waals surface area contributed by atoms with Crippen LogP contribution in [0.4, 0.5) is 4.39 Å². The molecular formula is C22H27FN2O4S. The molecule has 0 bridgehead atoms. The Bertz CT molecular complexity index is 944. The maximum atomic E-state index is 13.0. The minimum Gasteiger partial charge on any atom is -0.497 e. The lowest BCUT2D eigenvalue weighted by Crippen LogP contribution is -2.32. The van der Waals surface area contributed by atoms with Gasteiger partial charge in [-0.3, -0.25) is 4.79 Å². The van der Waals surface area contributed by atoms with E-state index in [1.807, 2.05) is 24.3 Å². The highest BCUT2D eigenvalue weighted by Crippen LogP contribution is 2.16. The van der Waals surface area contributed by atoms with Crippen LogP contribution >= 0.6 is 0 Å². The lowest BCUT2D eigenvalue weighted by molar-refractivity contribution is -0.131. The minimum absolute atomic E-state index is 0.0190. The number of hydrogen-bond acceptors (Lipinski definition) is 4. The second-order valence-electron chi connectivity index (χ2n) is 6.80. The van der Waals surface area contributed by atoms with Gasteiger partial charge in [0, 0.05) is 33.1 Å². The average molecular weight is 435 g/mol. The minimum atomic E-state index is -3.73. The Balaban J connectivity index is 1.92. The molecule has 0 aliphatic carbocycles.